The van der Waals surface area contributed by atoms with E-state index in [4.69, 9.17) is 5.73 Å². The van der Waals surface area contributed by atoms with Crippen LogP contribution in [0.3, 0.4) is 0 Å². The molecule has 0 spiro atoms. The summed E-state index contributed by atoms with van der Waals surface area (Å²) in [5.74, 6) is 0.395. The lowest BCUT2D eigenvalue weighted by atomic mass is 10.1. The molecule has 1 aromatic rings. The summed E-state index contributed by atoms with van der Waals surface area (Å²) in [6.45, 7) is 6.49. The Balaban J connectivity index is 2.28. The minimum atomic E-state index is -0.0645. The fourth-order valence-corrected chi connectivity index (χ4v) is 2.94. The van der Waals surface area contributed by atoms with Gasteiger partial charge in [0.25, 0.3) is 5.56 Å². The Morgan fingerprint density at radius 1 is 1.58 bits per heavy atom. The monoisotopic (exact) mass is 328 g/mol. The minimum absolute atomic E-state index is 0.0645. The second-order valence-electron chi connectivity index (χ2n) is 5.57. The van der Waals surface area contributed by atoms with E-state index in [1.54, 1.807) is 6.20 Å². The van der Waals surface area contributed by atoms with Crippen LogP contribution in [0.25, 0.3) is 0 Å². The molecule has 0 unspecified atom stereocenters. The predicted molar refractivity (Wildman–Crippen MR) is 80.5 cm³/mol. The second-order valence-corrected chi connectivity index (χ2v) is 6.37. The van der Waals surface area contributed by atoms with Crippen molar-refractivity contribution in [3.05, 3.63) is 21.0 Å². The smallest absolute Gasteiger partial charge is 0.283 e. The molecule has 106 valence electrons. The van der Waals surface area contributed by atoms with Gasteiger partial charge in [-0.15, -0.1) is 0 Å². The highest BCUT2D eigenvalue weighted by Crippen LogP contribution is 2.24. The fourth-order valence-electron chi connectivity index (χ4n) is 2.38. The van der Waals surface area contributed by atoms with Gasteiger partial charge < -0.3 is 10.6 Å². The molecule has 1 atom stereocenters. The summed E-state index contributed by atoms with van der Waals surface area (Å²) in [4.78, 5) is 14.4. The normalized spacial score (nSPS) is 20.1. The van der Waals surface area contributed by atoms with Crippen molar-refractivity contribution in [2.24, 2.45) is 11.7 Å². The number of halogens is 1. The van der Waals surface area contributed by atoms with Crippen LogP contribution in [0, 0.1) is 5.92 Å². The first-order valence-electron chi connectivity index (χ1n) is 6.75. The summed E-state index contributed by atoms with van der Waals surface area (Å²) in [6.07, 6.45) is 3.88. The van der Waals surface area contributed by atoms with Crippen LogP contribution in [0.5, 0.6) is 0 Å². The van der Waals surface area contributed by atoms with Crippen molar-refractivity contribution in [3.63, 3.8) is 0 Å². The van der Waals surface area contributed by atoms with Gasteiger partial charge in [0.2, 0.25) is 0 Å². The van der Waals surface area contributed by atoms with Gasteiger partial charge in [0.15, 0.2) is 0 Å². The summed E-state index contributed by atoms with van der Waals surface area (Å²) >= 11 is 3.42. The van der Waals surface area contributed by atoms with Crippen LogP contribution in [-0.2, 0) is 6.54 Å². The molecule has 0 saturated carbocycles. The third-order valence-corrected chi connectivity index (χ3v) is 4.05. The van der Waals surface area contributed by atoms with Crippen molar-refractivity contribution in [1.29, 1.82) is 0 Å². The maximum atomic E-state index is 12.2. The lowest BCUT2D eigenvalue weighted by Gasteiger charge is -2.32. The number of nitrogens with two attached hydrogens (primary N) is 1. The molecule has 0 bridgehead atoms. The highest BCUT2D eigenvalue weighted by Gasteiger charge is 2.21. The third kappa shape index (κ3) is 3.36. The first-order valence-corrected chi connectivity index (χ1v) is 7.54. The Morgan fingerprint density at radius 3 is 2.95 bits per heavy atom. The van der Waals surface area contributed by atoms with Gasteiger partial charge in [-0.2, -0.15) is 5.10 Å². The molecule has 1 fully saturated rings. The first kappa shape index (κ1) is 14.5. The zero-order valence-electron chi connectivity index (χ0n) is 11.5. The molecule has 0 aliphatic carbocycles. The third-order valence-electron chi connectivity index (χ3n) is 3.30. The fraction of sp³-hybridized carbons (Fsp3) is 0.692. The number of aromatic nitrogens is 2. The van der Waals surface area contributed by atoms with Crippen molar-refractivity contribution >= 4 is 21.6 Å². The molecule has 0 amide bonds. The summed E-state index contributed by atoms with van der Waals surface area (Å²) in [6, 6.07) is 0.179. The van der Waals surface area contributed by atoms with E-state index < -0.39 is 0 Å². The van der Waals surface area contributed by atoms with E-state index in [1.807, 2.05) is 0 Å². The van der Waals surface area contributed by atoms with E-state index >= 15 is 0 Å². The molecule has 1 aliphatic rings. The van der Waals surface area contributed by atoms with E-state index in [2.05, 4.69) is 39.8 Å². The molecule has 1 aliphatic heterocycles. The molecular weight excluding hydrogens is 308 g/mol. The Kier molecular flexibility index (Phi) is 4.62. The average Bonchev–Trinajstić information content (AvgIpc) is 2.35. The van der Waals surface area contributed by atoms with Crippen LogP contribution in [0.4, 0.5) is 5.69 Å². The van der Waals surface area contributed by atoms with Crippen molar-refractivity contribution in [2.75, 3.05) is 18.0 Å². The maximum Gasteiger partial charge on any atom is 0.283 e. The molecule has 0 aromatic carbocycles. The number of nitrogens with zero attached hydrogens (tertiary/aromatic N) is 3. The molecule has 2 heterocycles. The molecule has 1 saturated heterocycles. The van der Waals surface area contributed by atoms with E-state index in [1.165, 1.54) is 4.68 Å². The zero-order valence-corrected chi connectivity index (χ0v) is 13.1. The summed E-state index contributed by atoms with van der Waals surface area (Å²) < 4.78 is 2.11. The molecule has 2 rings (SSSR count). The number of hydrogen-bond acceptors (Lipinski definition) is 4. The molecule has 1 aromatic heterocycles. The number of anilines is 1. The first-order chi connectivity index (χ1) is 8.99. The van der Waals surface area contributed by atoms with Crippen LogP contribution >= 0.6 is 15.9 Å². The van der Waals surface area contributed by atoms with Crippen molar-refractivity contribution < 1.29 is 0 Å². The minimum Gasteiger partial charge on any atom is -0.368 e. The molecule has 0 radical (unpaired) electrons. The second kappa shape index (κ2) is 6.05. The standard InChI is InChI=1S/C13H21BrN4O/c1-9(2)7-18-13(19)12(14)11(6-16-18)17-5-3-4-10(15)8-17/h6,9-10H,3-5,7-8,15H2,1-2H3/t10-/m1/s1. The van der Waals surface area contributed by atoms with Gasteiger partial charge >= 0.3 is 0 Å². The highest BCUT2D eigenvalue weighted by molar-refractivity contribution is 9.10. The predicted octanol–water partition coefficient (Wildman–Crippen LogP) is 1.59. The van der Waals surface area contributed by atoms with Crippen molar-refractivity contribution in [2.45, 2.75) is 39.3 Å². The van der Waals surface area contributed by atoms with Crippen molar-refractivity contribution in [3.8, 4) is 0 Å². The van der Waals surface area contributed by atoms with E-state index in [0.717, 1.165) is 31.6 Å². The van der Waals surface area contributed by atoms with Crippen LogP contribution in [0.1, 0.15) is 26.7 Å². The Hall–Kier alpha value is -0.880. The largest absolute Gasteiger partial charge is 0.368 e. The van der Waals surface area contributed by atoms with Gasteiger partial charge in [-0.1, -0.05) is 13.8 Å². The molecule has 2 N–H and O–H groups in total. The molecule has 19 heavy (non-hydrogen) atoms. The molecular formula is C13H21BrN4O. The number of hydrogen-bond donors (Lipinski definition) is 1. The summed E-state index contributed by atoms with van der Waals surface area (Å²) in [5, 5.41) is 4.27. The maximum absolute atomic E-state index is 12.2. The number of rotatable bonds is 3. The quantitative estimate of drug-likeness (QED) is 0.915. The van der Waals surface area contributed by atoms with Crippen LogP contribution in [0.15, 0.2) is 15.5 Å². The summed E-state index contributed by atoms with van der Waals surface area (Å²) in [7, 11) is 0. The van der Waals surface area contributed by atoms with Gasteiger partial charge in [0.05, 0.1) is 11.9 Å². The van der Waals surface area contributed by atoms with E-state index in [-0.39, 0.29) is 11.6 Å². The SMILES string of the molecule is CC(C)Cn1ncc(N2CCC[C@@H](N)C2)c(Br)c1=O. The zero-order chi connectivity index (χ0) is 14.0. The molecule has 6 heteroatoms. The highest BCUT2D eigenvalue weighted by atomic mass is 79.9. The molecule has 5 nitrogen and oxygen atoms in total. The van der Waals surface area contributed by atoms with Crippen molar-refractivity contribution in [1.82, 2.24) is 9.78 Å². The average molecular weight is 329 g/mol. The van der Waals surface area contributed by atoms with E-state index in [0.29, 0.717) is 16.9 Å². The number of piperidine rings is 1. The van der Waals surface area contributed by atoms with E-state index in [9.17, 15) is 4.79 Å². The van der Waals surface area contributed by atoms with Gasteiger partial charge in [0.1, 0.15) is 4.47 Å². The Bertz CT molecular complexity index is 500. The van der Waals surface area contributed by atoms with Crippen LogP contribution in [0.2, 0.25) is 0 Å². The summed E-state index contributed by atoms with van der Waals surface area (Å²) in [5.41, 5.74) is 6.78. The topological polar surface area (TPSA) is 64.2 Å². The van der Waals surface area contributed by atoms with Gasteiger partial charge in [-0.25, -0.2) is 4.68 Å². The Labute approximate surface area is 121 Å². The lowest BCUT2D eigenvalue weighted by Crippen LogP contribution is -2.43. The Morgan fingerprint density at radius 2 is 2.32 bits per heavy atom. The van der Waals surface area contributed by atoms with Gasteiger partial charge in [0, 0.05) is 25.7 Å². The van der Waals surface area contributed by atoms with Crippen LogP contribution < -0.4 is 16.2 Å². The van der Waals surface area contributed by atoms with Gasteiger partial charge in [-0.05, 0) is 34.7 Å². The van der Waals surface area contributed by atoms with Crippen LogP contribution in [-0.4, -0.2) is 28.9 Å². The lowest BCUT2D eigenvalue weighted by molar-refractivity contribution is 0.459. The van der Waals surface area contributed by atoms with Gasteiger partial charge in [-0.3, -0.25) is 4.79 Å².